The van der Waals surface area contributed by atoms with E-state index in [1.54, 1.807) is 0 Å². The Balaban J connectivity index is 1.44. The normalized spacial score (nSPS) is 19.7. The first-order chi connectivity index (χ1) is 14.6. The average molecular weight is 456 g/mol. The van der Waals surface area contributed by atoms with Gasteiger partial charge >= 0.3 is 6.36 Å². The molecule has 2 aromatic rings. The number of carbonyl (C=O) groups is 1. The second kappa shape index (κ2) is 7.75. The van der Waals surface area contributed by atoms with E-state index < -0.39 is 21.8 Å². The molecule has 0 atom stereocenters. The Bertz CT molecular complexity index is 1050. The fourth-order valence-electron chi connectivity index (χ4n) is 4.05. The molecule has 2 saturated heterocycles. The van der Waals surface area contributed by atoms with Crippen molar-refractivity contribution in [3.63, 3.8) is 0 Å². The monoisotopic (exact) mass is 456 g/mol. The van der Waals surface area contributed by atoms with Gasteiger partial charge in [0.2, 0.25) is 5.91 Å². The molecule has 31 heavy (non-hydrogen) atoms. The number of nitrogens with zero attached hydrogens (tertiary/aromatic N) is 4. The molecule has 1 aromatic heterocycles. The highest BCUT2D eigenvalue weighted by molar-refractivity contribution is 7.88. The van der Waals surface area contributed by atoms with Gasteiger partial charge in [0.25, 0.3) is 15.2 Å². The molecule has 4 rings (SSSR count). The lowest BCUT2D eigenvalue weighted by Crippen LogP contribution is -2.46. The molecule has 166 valence electrons. The number of anilines is 1. The third-order valence-electron chi connectivity index (χ3n) is 5.69. The van der Waals surface area contributed by atoms with E-state index in [-0.39, 0.29) is 29.9 Å². The molecule has 1 spiro atoms. The van der Waals surface area contributed by atoms with Gasteiger partial charge in [-0.1, -0.05) is 0 Å². The number of sulfonamides is 1. The van der Waals surface area contributed by atoms with Crippen LogP contribution >= 0.6 is 0 Å². The molecule has 12 heteroatoms. The van der Waals surface area contributed by atoms with Crippen LogP contribution < -0.4 is 9.64 Å². The number of piperidine rings is 1. The maximum Gasteiger partial charge on any atom is 0.573 e. The van der Waals surface area contributed by atoms with Gasteiger partial charge in [-0.15, -0.1) is 13.2 Å². The third kappa shape index (κ3) is 4.22. The van der Waals surface area contributed by atoms with Gasteiger partial charge < -0.3 is 9.64 Å². The first-order valence-corrected chi connectivity index (χ1v) is 11.0. The summed E-state index contributed by atoms with van der Waals surface area (Å²) in [5, 5.41) is -0.272. The Morgan fingerprint density at radius 3 is 2.13 bits per heavy atom. The number of alkyl halides is 3. The van der Waals surface area contributed by atoms with Crippen molar-refractivity contribution in [2.24, 2.45) is 5.41 Å². The molecule has 0 N–H and O–H groups in total. The van der Waals surface area contributed by atoms with Crippen LogP contribution in [0.4, 0.5) is 18.9 Å². The van der Waals surface area contributed by atoms with Crippen LogP contribution in [0.15, 0.2) is 47.9 Å². The Labute approximate surface area is 176 Å². The van der Waals surface area contributed by atoms with E-state index in [9.17, 15) is 26.4 Å². The number of carbonyl (C=O) groups excluding carboxylic acids is 1. The highest BCUT2D eigenvalue weighted by Gasteiger charge is 2.50. The second-order valence-corrected chi connectivity index (χ2v) is 9.30. The minimum atomic E-state index is -4.78. The number of benzene rings is 1. The lowest BCUT2D eigenvalue weighted by Gasteiger charge is -2.36. The van der Waals surface area contributed by atoms with Crippen LogP contribution in [0.25, 0.3) is 0 Å². The fraction of sp³-hybridized carbons (Fsp3) is 0.421. The lowest BCUT2D eigenvalue weighted by molar-refractivity contribution is -0.274. The maximum atomic E-state index is 13.1. The number of rotatable bonds is 4. The predicted octanol–water partition coefficient (Wildman–Crippen LogP) is 2.58. The molecule has 2 aliphatic heterocycles. The molecule has 2 fully saturated rings. The molecule has 8 nitrogen and oxygen atoms in total. The van der Waals surface area contributed by atoms with Gasteiger partial charge in [-0.25, -0.2) is 18.4 Å². The summed E-state index contributed by atoms with van der Waals surface area (Å²) >= 11 is 0. The first kappa shape index (κ1) is 21.5. The van der Waals surface area contributed by atoms with Crippen LogP contribution in [0.1, 0.15) is 19.3 Å². The van der Waals surface area contributed by atoms with Crippen molar-refractivity contribution >= 4 is 21.6 Å². The van der Waals surface area contributed by atoms with E-state index in [4.69, 9.17) is 0 Å². The van der Waals surface area contributed by atoms with Crippen molar-refractivity contribution < 1.29 is 31.1 Å². The van der Waals surface area contributed by atoms with E-state index in [0.29, 0.717) is 31.5 Å². The van der Waals surface area contributed by atoms with Crippen molar-refractivity contribution in [2.45, 2.75) is 30.8 Å². The van der Waals surface area contributed by atoms with Crippen molar-refractivity contribution in [1.29, 1.82) is 0 Å². The van der Waals surface area contributed by atoms with Crippen molar-refractivity contribution in [1.82, 2.24) is 14.3 Å². The topological polar surface area (TPSA) is 92.7 Å². The van der Waals surface area contributed by atoms with E-state index in [0.717, 1.165) is 12.1 Å². The van der Waals surface area contributed by atoms with E-state index >= 15 is 0 Å². The number of halogens is 3. The molecular weight excluding hydrogens is 437 g/mol. The van der Waals surface area contributed by atoms with Gasteiger partial charge in [0.1, 0.15) is 5.75 Å². The number of aromatic nitrogens is 2. The molecule has 0 aliphatic carbocycles. The number of ether oxygens (including phenoxy) is 1. The van der Waals surface area contributed by atoms with Crippen LogP contribution in [0.3, 0.4) is 0 Å². The van der Waals surface area contributed by atoms with Crippen LogP contribution in [-0.4, -0.2) is 54.6 Å². The maximum absolute atomic E-state index is 13.1. The summed E-state index contributed by atoms with van der Waals surface area (Å²) in [5.74, 6) is -0.510. The number of amides is 1. The lowest BCUT2D eigenvalue weighted by atomic mass is 9.77. The molecule has 0 bridgehead atoms. The summed E-state index contributed by atoms with van der Waals surface area (Å²) in [6.07, 6.45) is -0.826. The van der Waals surface area contributed by atoms with Crippen LogP contribution in [0, 0.1) is 5.41 Å². The quantitative estimate of drug-likeness (QED) is 0.657. The fourth-order valence-corrected chi connectivity index (χ4v) is 5.33. The third-order valence-corrected chi connectivity index (χ3v) is 7.40. The Morgan fingerprint density at radius 1 is 0.968 bits per heavy atom. The van der Waals surface area contributed by atoms with Crippen molar-refractivity contribution in [2.75, 3.05) is 24.5 Å². The van der Waals surface area contributed by atoms with E-state index in [1.165, 1.54) is 39.8 Å². The van der Waals surface area contributed by atoms with Crippen molar-refractivity contribution in [3.8, 4) is 5.75 Å². The molecule has 0 saturated carbocycles. The zero-order valence-corrected chi connectivity index (χ0v) is 17.1. The van der Waals surface area contributed by atoms with Gasteiger partial charge in [0, 0.05) is 37.7 Å². The zero-order chi connectivity index (χ0) is 22.3. The van der Waals surface area contributed by atoms with E-state index in [1.807, 2.05) is 0 Å². The summed E-state index contributed by atoms with van der Waals surface area (Å²) in [6, 6.07) is 6.67. The molecule has 0 unspecified atom stereocenters. The first-order valence-electron chi connectivity index (χ1n) is 9.56. The van der Waals surface area contributed by atoms with Gasteiger partial charge in [-0.05, 0) is 49.6 Å². The Kier molecular flexibility index (Phi) is 5.38. The summed E-state index contributed by atoms with van der Waals surface area (Å²) in [4.78, 5) is 22.3. The standard InChI is InChI=1S/C19H19F3N4O4S/c20-19(21,22)30-15-4-2-14(3-5-15)26-13-8-18(16(26)27)6-11-25(12-7-18)31(28,29)17-23-9-1-10-24-17/h1-5,9-10H,6-8,11-13H2. The van der Waals surface area contributed by atoms with E-state index in [2.05, 4.69) is 14.7 Å². The van der Waals surface area contributed by atoms with Crippen LogP contribution in [0.5, 0.6) is 5.75 Å². The molecule has 1 aromatic carbocycles. The summed E-state index contributed by atoms with van der Waals surface area (Å²) in [5.41, 5.74) is -0.214. The van der Waals surface area contributed by atoms with Gasteiger partial charge in [0.15, 0.2) is 0 Å². The average Bonchev–Trinajstić information content (AvgIpc) is 3.04. The molecule has 3 heterocycles. The minimum Gasteiger partial charge on any atom is -0.406 e. The predicted molar refractivity (Wildman–Crippen MR) is 103 cm³/mol. The molecule has 2 aliphatic rings. The smallest absolute Gasteiger partial charge is 0.406 e. The van der Waals surface area contributed by atoms with Crippen LogP contribution in [0.2, 0.25) is 0 Å². The van der Waals surface area contributed by atoms with Gasteiger partial charge in [0.05, 0.1) is 5.41 Å². The summed E-state index contributed by atoms with van der Waals surface area (Å²) in [6.45, 7) is 0.740. The SMILES string of the molecule is O=C1N(c2ccc(OC(F)(F)F)cc2)CCC12CCN(S(=O)(=O)c1ncccn1)CC2. The largest absolute Gasteiger partial charge is 0.573 e. The van der Waals surface area contributed by atoms with Gasteiger partial charge in [-0.2, -0.15) is 4.31 Å². The molecular formula is C19H19F3N4O4S. The Hall–Kier alpha value is -2.73. The van der Waals surface area contributed by atoms with Gasteiger partial charge in [-0.3, -0.25) is 4.79 Å². The number of hydrogen-bond acceptors (Lipinski definition) is 6. The zero-order valence-electron chi connectivity index (χ0n) is 16.2. The summed E-state index contributed by atoms with van der Waals surface area (Å²) in [7, 11) is -3.83. The highest BCUT2D eigenvalue weighted by atomic mass is 32.2. The minimum absolute atomic E-state index is 0.148. The second-order valence-electron chi connectivity index (χ2n) is 7.46. The Morgan fingerprint density at radius 2 is 1.55 bits per heavy atom. The number of hydrogen-bond donors (Lipinski definition) is 0. The van der Waals surface area contributed by atoms with Crippen LogP contribution in [-0.2, 0) is 14.8 Å². The van der Waals surface area contributed by atoms with Crippen molar-refractivity contribution in [3.05, 3.63) is 42.7 Å². The summed E-state index contributed by atoms with van der Waals surface area (Å²) < 4.78 is 67.5. The molecule has 1 amide bonds. The molecule has 0 radical (unpaired) electrons. The highest BCUT2D eigenvalue weighted by Crippen LogP contribution is 2.44.